The Bertz CT molecular complexity index is 457. The van der Waals surface area contributed by atoms with Gasteiger partial charge in [0.2, 0.25) is 0 Å². The van der Waals surface area contributed by atoms with Crippen molar-refractivity contribution in [1.29, 1.82) is 0 Å². The first kappa shape index (κ1) is 12.8. The summed E-state index contributed by atoms with van der Waals surface area (Å²) in [6, 6.07) is 1.94. The molecule has 0 aliphatic carbocycles. The second-order valence-electron chi connectivity index (χ2n) is 4.87. The molecule has 1 unspecified atom stereocenters. The van der Waals surface area contributed by atoms with Gasteiger partial charge in [0.05, 0.1) is 12.9 Å². The van der Waals surface area contributed by atoms with Crippen molar-refractivity contribution in [3.8, 4) is 0 Å². The van der Waals surface area contributed by atoms with Crippen molar-refractivity contribution in [3.05, 3.63) is 36.7 Å². The van der Waals surface area contributed by atoms with Gasteiger partial charge < -0.3 is 10.3 Å². The summed E-state index contributed by atoms with van der Waals surface area (Å²) in [7, 11) is 0. The Labute approximate surface area is 108 Å². The van der Waals surface area contributed by atoms with Gasteiger partial charge in [-0.15, -0.1) is 0 Å². The Kier molecular flexibility index (Phi) is 4.15. The fraction of sp³-hybridized carbons (Fsp3) is 0.538. The Morgan fingerprint density at radius 2 is 2.17 bits per heavy atom. The third-order valence-corrected chi connectivity index (χ3v) is 3.31. The van der Waals surface area contributed by atoms with E-state index in [2.05, 4.69) is 28.5 Å². The summed E-state index contributed by atoms with van der Waals surface area (Å²) < 4.78 is 4.11. The molecule has 2 aromatic rings. The lowest BCUT2D eigenvalue weighted by Gasteiger charge is -2.20. The van der Waals surface area contributed by atoms with Crippen LogP contribution in [0.4, 0.5) is 0 Å². The Balaban J connectivity index is 2.07. The van der Waals surface area contributed by atoms with Gasteiger partial charge in [-0.2, -0.15) is 5.10 Å². The van der Waals surface area contributed by atoms with Crippen LogP contribution in [-0.2, 0) is 13.1 Å². The van der Waals surface area contributed by atoms with Gasteiger partial charge in [-0.3, -0.25) is 4.68 Å². The largest absolute Gasteiger partial charge is 0.332 e. The highest BCUT2D eigenvalue weighted by molar-refractivity contribution is 5.08. The first-order chi connectivity index (χ1) is 8.72. The maximum absolute atomic E-state index is 5.87. The number of imidazole rings is 1. The van der Waals surface area contributed by atoms with E-state index in [9.17, 15) is 0 Å². The van der Waals surface area contributed by atoms with Crippen molar-refractivity contribution >= 4 is 0 Å². The van der Waals surface area contributed by atoms with Crippen LogP contribution in [0.5, 0.6) is 0 Å². The van der Waals surface area contributed by atoms with Gasteiger partial charge >= 0.3 is 0 Å². The minimum Gasteiger partial charge on any atom is -0.332 e. The molecule has 98 valence electrons. The highest BCUT2D eigenvalue weighted by Gasteiger charge is 2.17. The highest BCUT2D eigenvalue weighted by Crippen LogP contribution is 2.22. The molecule has 0 saturated heterocycles. The van der Waals surface area contributed by atoms with Gasteiger partial charge in [-0.25, -0.2) is 4.98 Å². The Morgan fingerprint density at radius 3 is 2.78 bits per heavy atom. The number of aryl methyl sites for hydroxylation is 2. The molecule has 0 aliphatic heterocycles. The van der Waals surface area contributed by atoms with Crippen LogP contribution in [0.1, 0.15) is 25.5 Å². The molecule has 2 rings (SSSR count). The lowest BCUT2D eigenvalue weighted by atomic mass is 9.93. The SMILES string of the molecule is CC(C)C(CN)c1cncn1CCn1cccn1. The normalized spacial score (nSPS) is 13.1. The molecule has 5 heteroatoms. The standard InChI is InChI=1S/C13H21N5/c1-11(2)12(8-14)13-9-15-10-17(13)6-7-18-5-3-4-16-18/h3-5,9-12H,6-8,14H2,1-2H3. The van der Waals surface area contributed by atoms with Crippen LogP contribution >= 0.6 is 0 Å². The molecule has 2 heterocycles. The topological polar surface area (TPSA) is 61.7 Å². The Hall–Kier alpha value is -1.62. The molecule has 18 heavy (non-hydrogen) atoms. The van der Waals surface area contributed by atoms with Crippen molar-refractivity contribution in [2.75, 3.05) is 6.54 Å². The fourth-order valence-electron chi connectivity index (χ4n) is 2.20. The van der Waals surface area contributed by atoms with E-state index in [-0.39, 0.29) is 0 Å². The maximum Gasteiger partial charge on any atom is 0.0948 e. The smallest absolute Gasteiger partial charge is 0.0948 e. The zero-order valence-electron chi connectivity index (χ0n) is 11.0. The molecule has 0 aromatic carbocycles. The van der Waals surface area contributed by atoms with E-state index in [1.807, 2.05) is 29.5 Å². The second kappa shape index (κ2) is 5.82. The van der Waals surface area contributed by atoms with Gasteiger partial charge in [0.25, 0.3) is 0 Å². The zero-order valence-corrected chi connectivity index (χ0v) is 11.0. The molecule has 0 aliphatic rings. The van der Waals surface area contributed by atoms with Crippen molar-refractivity contribution in [1.82, 2.24) is 19.3 Å². The third-order valence-electron chi connectivity index (χ3n) is 3.31. The molecular formula is C13H21N5. The first-order valence-electron chi connectivity index (χ1n) is 6.40. The Morgan fingerprint density at radius 1 is 1.33 bits per heavy atom. The number of rotatable bonds is 6. The van der Waals surface area contributed by atoms with Crippen LogP contribution in [0.2, 0.25) is 0 Å². The molecule has 2 N–H and O–H groups in total. The lowest BCUT2D eigenvalue weighted by Crippen LogP contribution is -2.21. The summed E-state index contributed by atoms with van der Waals surface area (Å²) in [6.07, 6.45) is 7.58. The van der Waals surface area contributed by atoms with Crippen LogP contribution in [0.3, 0.4) is 0 Å². The lowest BCUT2D eigenvalue weighted by molar-refractivity contribution is 0.453. The van der Waals surface area contributed by atoms with Crippen LogP contribution in [0.25, 0.3) is 0 Å². The minimum absolute atomic E-state index is 0.366. The monoisotopic (exact) mass is 247 g/mol. The number of hydrogen-bond donors (Lipinski definition) is 1. The summed E-state index contributed by atoms with van der Waals surface area (Å²) in [5, 5.41) is 4.20. The number of hydrogen-bond acceptors (Lipinski definition) is 3. The van der Waals surface area contributed by atoms with E-state index >= 15 is 0 Å². The summed E-state index contributed by atoms with van der Waals surface area (Å²) in [5.74, 6) is 0.889. The summed E-state index contributed by atoms with van der Waals surface area (Å²) in [5.41, 5.74) is 7.09. The fourth-order valence-corrected chi connectivity index (χ4v) is 2.20. The van der Waals surface area contributed by atoms with Gasteiger partial charge in [0.15, 0.2) is 0 Å². The van der Waals surface area contributed by atoms with E-state index in [1.54, 1.807) is 6.20 Å². The van der Waals surface area contributed by atoms with Crippen molar-refractivity contribution in [3.63, 3.8) is 0 Å². The first-order valence-corrected chi connectivity index (χ1v) is 6.40. The van der Waals surface area contributed by atoms with Gasteiger partial charge in [0, 0.05) is 43.3 Å². The summed E-state index contributed by atoms with van der Waals surface area (Å²) in [6.45, 7) is 6.78. The zero-order chi connectivity index (χ0) is 13.0. The van der Waals surface area contributed by atoms with Gasteiger partial charge in [-0.05, 0) is 12.0 Å². The molecule has 0 spiro atoms. The van der Waals surface area contributed by atoms with Crippen molar-refractivity contribution in [2.45, 2.75) is 32.9 Å². The highest BCUT2D eigenvalue weighted by atomic mass is 15.3. The van der Waals surface area contributed by atoms with E-state index in [1.165, 1.54) is 5.69 Å². The van der Waals surface area contributed by atoms with Gasteiger partial charge in [0.1, 0.15) is 0 Å². The van der Waals surface area contributed by atoms with Crippen LogP contribution in [0.15, 0.2) is 31.0 Å². The predicted molar refractivity (Wildman–Crippen MR) is 71.1 cm³/mol. The van der Waals surface area contributed by atoms with Crippen LogP contribution in [0, 0.1) is 5.92 Å². The van der Waals surface area contributed by atoms with Crippen LogP contribution in [-0.4, -0.2) is 25.9 Å². The molecule has 0 radical (unpaired) electrons. The van der Waals surface area contributed by atoms with E-state index < -0.39 is 0 Å². The molecule has 0 saturated carbocycles. The molecular weight excluding hydrogens is 226 g/mol. The molecule has 1 atom stereocenters. The summed E-state index contributed by atoms with van der Waals surface area (Å²) >= 11 is 0. The molecule has 0 amide bonds. The molecule has 5 nitrogen and oxygen atoms in total. The average molecular weight is 247 g/mol. The van der Waals surface area contributed by atoms with E-state index in [4.69, 9.17) is 5.73 Å². The average Bonchev–Trinajstić information content (AvgIpc) is 2.97. The van der Waals surface area contributed by atoms with Crippen molar-refractivity contribution < 1.29 is 0 Å². The van der Waals surface area contributed by atoms with Gasteiger partial charge in [-0.1, -0.05) is 13.8 Å². The summed E-state index contributed by atoms with van der Waals surface area (Å²) in [4.78, 5) is 4.25. The number of aromatic nitrogens is 4. The predicted octanol–water partition coefficient (Wildman–Crippen LogP) is 1.48. The van der Waals surface area contributed by atoms with Crippen LogP contribution < -0.4 is 5.73 Å². The second-order valence-corrected chi connectivity index (χ2v) is 4.87. The number of nitrogens with zero attached hydrogens (tertiary/aromatic N) is 4. The van der Waals surface area contributed by atoms with Crippen molar-refractivity contribution in [2.24, 2.45) is 11.7 Å². The minimum atomic E-state index is 0.366. The van der Waals surface area contributed by atoms with E-state index in [0.717, 1.165) is 13.1 Å². The third kappa shape index (κ3) is 2.79. The van der Waals surface area contributed by atoms with E-state index in [0.29, 0.717) is 18.4 Å². The molecule has 0 bridgehead atoms. The number of nitrogens with two attached hydrogens (primary N) is 1. The maximum atomic E-state index is 5.87. The molecule has 2 aromatic heterocycles. The quantitative estimate of drug-likeness (QED) is 0.841. The molecule has 0 fully saturated rings.